The first-order valence-corrected chi connectivity index (χ1v) is 8.76. The Hall–Kier alpha value is -0.900. The van der Waals surface area contributed by atoms with Crippen LogP contribution in [0.2, 0.25) is 0 Å². The van der Waals surface area contributed by atoms with Crippen LogP contribution in [-0.4, -0.2) is 23.4 Å². The minimum absolute atomic E-state index is 0.311. The zero-order valence-corrected chi connectivity index (χ0v) is 13.3. The molecule has 2 aliphatic rings. The van der Waals surface area contributed by atoms with Crippen LogP contribution < -0.4 is 4.90 Å². The van der Waals surface area contributed by atoms with Gasteiger partial charge in [0, 0.05) is 19.0 Å². The molecule has 1 saturated carbocycles. The lowest BCUT2D eigenvalue weighted by molar-refractivity contribution is 0.0976. The van der Waals surface area contributed by atoms with Crippen LogP contribution in [0.4, 0.5) is 5.13 Å². The molecule has 3 nitrogen and oxygen atoms in total. The minimum atomic E-state index is 0.311. The molecular weight excluding hydrogens is 268 g/mol. The van der Waals surface area contributed by atoms with E-state index >= 15 is 0 Å². The number of thiazole rings is 1. The molecule has 1 aromatic rings. The highest BCUT2D eigenvalue weighted by molar-refractivity contribution is 7.17. The molecule has 0 atom stereocenters. The number of carbonyl (C=O) groups excluding carboxylic acids is 1. The average Bonchev–Trinajstić information content (AvgIpc) is 3.05. The van der Waals surface area contributed by atoms with E-state index in [0.717, 1.165) is 35.1 Å². The normalized spacial score (nSPS) is 19.6. The number of aromatic nitrogens is 1. The lowest BCUT2D eigenvalue weighted by Crippen LogP contribution is -2.36. The molecule has 3 rings (SSSR count). The molecule has 0 radical (unpaired) electrons. The maximum atomic E-state index is 12.0. The molecule has 20 heavy (non-hydrogen) atoms. The summed E-state index contributed by atoms with van der Waals surface area (Å²) < 4.78 is 0. The first kappa shape index (κ1) is 14.1. The van der Waals surface area contributed by atoms with Crippen molar-refractivity contribution in [2.24, 2.45) is 5.92 Å². The first-order valence-electron chi connectivity index (χ1n) is 7.94. The van der Waals surface area contributed by atoms with E-state index in [1.165, 1.54) is 25.7 Å². The highest BCUT2D eigenvalue weighted by atomic mass is 32.1. The molecule has 0 saturated heterocycles. The Kier molecular flexibility index (Phi) is 4.11. The van der Waals surface area contributed by atoms with Crippen LogP contribution in [-0.2, 0) is 6.42 Å². The number of rotatable bonds is 4. The van der Waals surface area contributed by atoms with E-state index in [1.54, 1.807) is 11.3 Å². The monoisotopic (exact) mass is 292 g/mol. The van der Waals surface area contributed by atoms with Gasteiger partial charge in [-0.1, -0.05) is 38.0 Å². The number of hydrogen-bond donors (Lipinski definition) is 0. The molecule has 2 aliphatic carbocycles. The van der Waals surface area contributed by atoms with Crippen molar-refractivity contribution < 1.29 is 4.79 Å². The molecule has 1 aromatic heterocycles. The fraction of sp³-hybridized carbons (Fsp3) is 0.750. The Bertz CT molecular complexity index is 489. The SMILES string of the molecule is CC(C)CN(c1nc2c(s1)C(=O)CCC2)C1CCCC1. The van der Waals surface area contributed by atoms with Gasteiger partial charge in [-0.2, -0.15) is 0 Å². The third kappa shape index (κ3) is 2.76. The maximum Gasteiger partial charge on any atom is 0.186 e. The number of aryl methyl sites for hydroxylation is 1. The first-order chi connectivity index (χ1) is 9.65. The van der Waals surface area contributed by atoms with E-state index in [0.29, 0.717) is 24.2 Å². The summed E-state index contributed by atoms with van der Waals surface area (Å²) in [7, 11) is 0. The molecule has 4 heteroatoms. The fourth-order valence-corrected chi connectivity index (χ4v) is 4.53. The number of carbonyl (C=O) groups is 1. The number of hydrogen-bond acceptors (Lipinski definition) is 4. The number of ketones is 1. The van der Waals surface area contributed by atoms with Crippen LogP contribution in [0.1, 0.15) is 67.7 Å². The van der Waals surface area contributed by atoms with Crippen molar-refractivity contribution in [1.82, 2.24) is 4.98 Å². The molecule has 0 spiro atoms. The summed E-state index contributed by atoms with van der Waals surface area (Å²) >= 11 is 1.65. The second-order valence-electron chi connectivity index (χ2n) is 6.53. The van der Waals surface area contributed by atoms with Gasteiger partial charge >= 0.3 is 0 Å². The third-order valence-corrected chi connectivity index (χ3v) is 5.51. The molecule has 110 valence electrons. The van der Waals surface area contributed by atoms with Gasteiger partial charge in [-0.3, -0.25) is 4.79 Å². The van der Waals surface area contributed by atoms with E-state index in [2.05, 4.69) is 18.7 Å². The van der Waals surface area contributed by atoms with Gasteiger partial charge in [0.05, 0.1) is 10.6 Å². The largest absolute Gasteiger partial charge is 0.345 e. The summed E-state index contributed by atoms with van der Waals surface area (Å²) in [4.78, 5) is 20.3. The van der Waals surface area contributed by atoms with Gasteiger partial charge in [0.15, 0.2) is 10.9 Å². The second-order valence-corrected chi connectivity index (χ2v) is 7.51. The van der Waals surface area contributed by atoms with Crippen LogP contribution in [0.5, 0.6) is 0 Å². The van der Waals surface area contributed by atoms with Crippen LogP contribution in [0.3, 0.4) is 0 Å². The second kappa shape index (κ2) is 5.84. The maximum absolute atomic E-state index is 12.0. The van der Waals surface area contributed by atoms with Crippen molar-refractivity contribution in [2.75, 3.05) is 11.4 Å². The zero-order chi connectivity index (χ0) is 14.1. The van der Waals surface area contributed by atoms with Gasteiger partial charge in [-0.05, 0) is 31.6 Å². The Balaban J connectivity index is 1.88. The van der Waals surface area contributed by atoms with Gasteiger partial charge in [0.25, 0.3) is 0 Å². The molecule has 1 heterocycles. The van der Waals surface area contributed by atoms with Crippen molar-refractivity contribution >= 4 is 22.3 Å². The summed E-state index contributed by atoms with van der Waals surface area (Å²) in [5.74, 6) is 0.943. The number of nitrogens with zero attached hydrogens (tertiary/aromatic N) is 2. The van der Waals surface area contributed by atoms with Crippen molar-refractivity contribution in [2.45, 2.75) is 64.8 Å². The zero-order valence-electron chi connectivity index (χ0n) is 12.5. The number of Topliss-reactive ketones (excluding diaryl/α,β-unsaturated/α-hetero) is 1. The predicted octanol–water partition coefficient (Wildman–Crippen LogP) is 4.07. The Morgan fingerprint density at radius 3 is 2.65 bits per heavy atom. The number of fused-ring (bicyclic) bond motifs is 1. The van der Waals surface area contributed by atoms with Crippen LogP contribution in [0.15, 0.2) is 0 Å². The van der Waals surface area contributed by atoms with Gasteiger partial charge in [0.1, 0.15) is 0 Å². The fourth-order valence-electron chi connectivity index (χ4n) is 3.37. The molecule has 0 aromatic carbocycles. The minimum Gasteiger partial charge on any atom is -0.345 e. The summed E-state index contributed by atoms with van der Waals surface area (Å²) in [6.45, 7) is 5.59. The van der Waals surface area contributed by atoms with Crippen LogP contribution >= 0.6 is 11.3 Å². The average molecular weight is 292 g/mol. The molecule has 0 aliphatic heterocycles. The van der Waals surface area contributed by atoms with Gasteiger partial charge in [0.2, 0.25) is 0 Å². The summed E-state index contributed by atoms with van der Waals surface area (Å²) in [5.41, 5.74) is 1.06. The summed E-state index contributed by atoms with van der Waals surface area (Å²) in [6.07, 6.45) is 7.91. The van der Waals surface area contributed by atoms with Crippen molar-refractivity contribution in [3.05, 3.63) is 10.6 Å². The van der Waals surface area contributed by atoms with E-state index in [-0.39, 0.29) is 0 Å². The van der Waals surface area contributed by atoms with Gasteiger partial charge in [-0.15, -0.1) is 0 Å². The third-order valence-electron chi connectivity index (χ3n) is 4.33. The van der Waals surface area contributed by atoms with E-state index in [9.17, 15) is 4.79 Å². The highest BCUT2D eigenvalue weighted by Crippen LogP contribution is 2.36. The van der Waals surface area contributed by atoms with Crippen molar-refractivity contribution in [1.29, 1.82) is 0 Å². The lowest BCUT2D eigenvalue weighted by Gasteiger charge is -2.30. The molecule has 1 fully saturated rings. The van der Waals surface area contributed by atoms with Crippen molar-refractivity contribution in [3.63, 3.8) is 0 Å². The Labute approximate surface area is 125 Å². The molecule has 0 unspecified atom stereocenters. The van der Waals surface area contributed by atoms with E-state index in [4.69, 9.17) is 4.98 Å². The summed E-state index contributed by atoms with van der Waals surface area (Å²) in [5, 5.41) is 1.10. The predicted molar refractivity (Wildman–Crippen MR) is 83.8 cm³/mol. The lowest BCUT2D eigenvalue weighted by atomic mass is 10.0. The van der Waals surface area contributed by atoms with Crippen LogP contribution in [0, 0.1) is 5.92 Å². The van der Waals surface area contributed by atoms with Crippen molar-refractivity contribution in [3.8, 4) is 0 Å². The quantitative estimate of drug-likeness (QED) is 0.839. The van der Waals surface area contributed by atoms with E-state index < -0.39 is 0 Å². The van der Waals surface area contributed by atoms with Crippen LogP contribution in [0.25, 0.3) is 0 Å². The van der Waals surface area contributed by atoms with E-state index in [1.807, 2.05) is 0 Å². The van der Waals surface area contributed by atoms with Gasteiger partial charge in [-0.25, -0.2) is 4.98 Å². The Morgan fingerprint density at radius 2 is 2.00 bits per heavy atom. The smallest absolute Gasteiger partial charge is 0.186 e. The topological polar surface area (TPSA) is 33.2 Å². The van der Waals surface area contributed by atoms with Gasteiger partial charge < -0.3 is 4.90 Å². The molecule has 0 bridgehead atoms. The Morgan fingerprint density at radius 1 is 1.25 bits per heavy atom. The molecular formula is C16H24N2OS. The highest BCUT2D eigenvalue weighted by Gasteiger charge is 2.29. The standard InChI is InChI=1S/C16H24N2OS/c1-11(2)10-18(12-6-3-4-7-12)16-17-13-8-5-9-14(19)15(13)20-16/h11-12H,3-10H2,1-2H3. The molecule has 0 N–H and O–H groups in total. The molecule has 0 amide bonds. The summed E-state index contributed by atoms with van der Waals surface area (Å²) in [6, 6.07) is 0.639. The number of anilines is 1.